The van der Waals surface area contributed by atoms with Gasteiger partial charge in [0.05, 0.1) is 24.9 Å². The number of hydrogen-bond donors (Lipinski definition) is 2. The van der Waals surface area contributed by atoms with Crippen LogP contribution < -0.4 is 10.2 Å². The molecule has 2 aliphatic rings. The Morgan fingerprint density at radius 2 is 1.69 bits per heavy atom. The van der Waals surface area contributed by atoms with Crippen LogP contribution in [0.3, 0.4) is 0 Å². The molecule has 0 atom stereocenters. The molecule has 2 aromatic carbocycles. The highest BCUT2D eigenvalue weighted by atomic mass is 19.1. The molecule has 2 aliphatic heterocycles. The second-order valence-corrected chi connectivity index (χ2v) is 8.17. The van der Waals surface area contributed by atoms with Gasteiger partial charge in [0, 0.05) is 43.6 Å². The lowest BCUT2D eigenvalue weighted by molar-refractivity contribution is -0.0660. The lowest BCUT2D eigenvalue weighted by Gasteiger charge is -2.43. The van der Waals surface area contributed by atoms with Crippen molar-refractivity contribution in [2.45, 2.75) is 13.0 Å². The quantitative estimate of drug-likeness (QED) is 0.629. The van der Waals surface area contributed by atoms with Crippen molar-refractivity contribution in [2.24, 2.45) is 0 Å². The van der Waals surface area contributed by atoms with Gasteiger partial charge in [-0.25, -0.2) is 8.78 Å². The van der Waals surface area contributed by atoms with Crippen LogP contribution in [-0.2, 0) is 4.74 Å². The van der Waals surface area contributed by atoms with Crippen LogP contribution in [0, 0.1) is 18.6 Å². The summed E-state index contributed by atoms with van der Waals surface area (Å²) < 4.78 is 33.4. The summed E-state index contributed by atoms with van der Waals surface area (Å²) >= 11 is 0. The van der Waals surface area contributed by atoms with Gasteiger partial charge >= 0.3 is 6.01 Å². The second-order valence-electron chi connectivity index (χ2n) is 8.17. The van der Waals surface area contributed by atoms with Gasteiger partial charge in [-0.1, -0.05) is 0 Å². The van der Waals surface area contributed by atoms with E-state index in [9.17, 15) is 13.9 Å². The molecule has 0 spiro atoms. The van der Waals surface area contributed by atoms with Crippen molar-refractivity contribution in [1.82, 2.24) is 19.7 Å². The molecule has 3 heterocycles. The van der Waals surface area contributed by atoms with Crippen molar-refractivity contribution in [3.8, 4) is 11.7 Å². The summed E-state index contributed by atoms with van der Waals surface area (Å²) in [5.74, 6) is -1.41. The van der Waals surface area contributed by atoms with Gasteiger partial charge in [0.2, 0.25) is 5.95 Å². The normalized spacial score (nSPS) is 17.4. The monoisotopic (exact) mass is 442 g/mol. The van der Waals surface area contributed by atoms with Gasteiger partial charge in [-0.2, -0.15) is 9.67 Å². The number of benzene rings is 2. The molecule has 0 saturated carbocycles. The highest BCUT2D eigenvalue weighted by Gasteiger charge is 2.29. The number of aryl methyl sites for hydroxylation is 1. The van der Waals surface area contributed by atoms with Crippen LogP contribution in [0.4, 0.5) is 26.1 Å². The van der Waals surface area contributed by atoms with E-state index in [1.165, 1.54) is 0 Å². The molecule has 0 unspecified atom stereocenters. The van der Waals surface area contributed by atoms with Crippen molar-refractivity contribution in [3.05, 3.63) is 53.6 Å². The van der Waals surface area contributed by atoms with Gasteiger partial charge in [0.15, 0.2) is 0 Å². The molecular formula is C22H24F2N6O2. The molecule has 1 aromatic heterocycles. The maximum Gasteiger partial charge on any atom is 0.319 e. The van der Waals surface area contributed by atoms with Crippen molar-refractivity contribution in [3.63, 3.8) is 0 Å². The number of aromatic hydroxyl groups is 1. The second kappa shape index (κ2) is 8.36. The number of piperazine rings is 1. The summed E-state index contributed by atoms with van der Waals surface area (Å²) in [7, 11) is 0. The molecular weight excluding hydrogens is 418 g/mol. The van der Waals surface area contributed by atoms with E-state index in [2.05, 4.69) is 31.3 Å². The van der Waals surface area contributed by atoms with E-state index in [0.29, 0.717) is 6.04 Å². The predicted molar refractivity (Wildman–Crippen MR) is 116 cm³/mol. The van der Waals surface area contributed by atoms with E-state index < -0.39 is 17.6 Å². The molecule has 2 saturated heterocycles. The van der Waals surface area contributed by atoms with E-state index >= 15 is 0 Å². The predicted octanol–water partition coefficient (Wildman–Crippen LogP) is 2.82. The summed E-state index contributed by atoms with van der Waals surface area (Å²) in [6.45, 7) is 7.51. The fourth-order valence-corrected chi connectivity index (χ4v) is 4.12. The Bertz CT molecular complexity index is 1110. The molecule has 8 nitrogen and oxygen atoms in total. The van der Waals surface area contributed by atoms with Gasteiger partial charge in [0.25, 0.3) is 0 Å². The molecule has 0 bridgehead atoms. The number of aromatic nitrogens is 3. The average molecular weight is 442 g/mol. The smallest absolute Gasteiger partial charge is 0.319 e. The topological polar surface area (TPSA) is 78.7 Å². The Balaban J connectivity index is 1.32. The van der Waals surface area contributed by atoms with Crippen LogP contribution >= 0.6 is 0 Å². The Kier molecular flexibility index (Phi) is 5.40. The largest absolute Gasteiger partial charge is 0.479 e. The maximum absolute atomic E-state index is 13.5. The third kappa shape index (κ3) is 4.23. The number of ether oxygens (including phenoxy) is 1. The van der Waals surface area contributed by atoms with Crippen LogP contribution in [0.25, 0.3) is 5.69 Å². The van der Waals surface area contributed by atoms with E-state index in [1.54, 1.807) is 0 Å². The molecule has 5 rings (SSSR count). The minimum Gasteiger partial charge on any atom is -0.479 e. The fourth-order valence-electron chi connectivity index (χ4n) is 4.12. The van der Waals surface area contributed by atoms with Crippen LogP contribution in [0.2, 0.25) is 0 Å². The molecule has 2 fully saturated rings. The zero-order valence-electron chi connectivity index (χ0n) is 17.6. The van der Waals surface area contributed by atoms with Crippen LogP contribution in [0.5, 0.6) is 6.01 Å². The summed E-state index contributed by atoms with van der Waals surface area (Å²) in [4.78, 5) is 8.79. The Hall–Kier alpha value is -3.24. The summed E-state index contributed by atoms with van der Waals surface area (Å²) in [5.41, 5.74) is 2.96. The molecule has 3 aromatic rings. The van der Waals surface area contributed by atoms with Crippen molar-refractivity contribution >= 4 is 17.3 Å². The third-order valence-corrected chi connectivity index (χ3v) is 5.82. The zero-order valence-corrected chi connectivity index (χ0v) is 17.6. The molecule has 168 valence electrons. The summed E-state index contributed by atoms with van der Waals surface area (Å²) in [5, 5.41) is 17.4. The van der Waals surface area contributed by atoms with Crippen molar-refractivity contribution in [1.29, 1.82) is 0 Å². The summed E-state index contributed by atoms with van der Waals surface area (Å²) in [6, 6.07) is 9.06. The number of nitrogens with zero attached hydrogens (tertiary/aromatic N) is 5. The number of hydrogen-bond acceptors (Lipinski definition) is 7. The Morgan fingerprint density at radius 1 is 0.969 bits per heavy atom. The first-order valence-corrected chi connectivity index (χ1v) is 10.5. The van der Waals surface area contributed by atoms with Gasteiger partial charge in [0.1, 0.15) is 11.6 Å². The lowest BCUT2D eigenvalue weighted by atomic mass is 10.1. The van der Waals surface area contributed by atoms with Gasteiger partial charge < -0.3 is 20.1 Å². The minimum atomic E-state index is -0.766. The summed E-state index contributed by atoms with van der Waals surface area (Å²) in [6.07, 6.45) is 0. The average Bonchev–Trinajstić information content (AvgIpc) is 3.06. The highest BCUT2D eigenvalue weighted by Crippen LogP contribution is 2.27. The molecule has 32 heavy (non-hydrogen) atoms. The van der Waals surface area contributed by atoms with E-state index in [0.717, 1.165) is 79.2 Å². The van der Waals surface area contributed by atoms with E-state index in [1.807, 2.05) is 19.1 Å². The lowest BCUT2D eigenvalue weighted by Crippen LogP contribution is -2.56. The van der Waals surface area contributed by atoms with Gasteiger partial charge in [-0.15, -0.1) is 5.10 Å². The molecule has 10 heteroatoms. The Morgan fingerprint density at radius 3 is 2.34 bits per heavy atom. The molecule has 0 radical (unpaired) electrons. The SMILES string of the molecule is Cc1cc(Nc2nc(O)n(-c3cc(F)cc(F)c3)n2)cc(N2CCN(C3COC3)CC2)c1. The number of nitrogens with one attached hydrogen (secondary N) is 1. The van der Waals surface area contributed by atoms with Gasteiger partial charge in [-0.05, 0) is 42.8 Å². The minimum absolute atomic E-state index is 0.0419. The number of halogens is 2. The van der Waals surface area contributed by atoms with Crippen molar-refractivity contribution in [2.75, 3.05) is 49.6 Å². The maximum atomic E-state index is 13.5. The van der Waals surface area contributed by atoms with E-state index in [-0.39, 0.29) is 11.6 Å². The first-order chi connectivity index (χ1) is 15.4. The fraction of sp³-hybridized carbons (Fsp3) is 0.364. The van der Waals surface area contributed by atoms with Crippen LogP contribution in [0.15, 0.2) is 36.4 Å². The van der Waals surface area contributed by atoms with Crippen LogP contribution in [0.1, 0.15) is 5.56 Å². The number of anilines is 3. The molecule has 0 aliphatic carbocycles. The first-order valence-electron chi connectivity index (χ1n) is 10.5. The van der Waals surface area contributed by atoms with Gasteiger partial charge in [-0.3, -0.25) is 4.90 Å². The molecule has 0 amide bonds. The van der Waals surface area contributed by atoms with Crippen LogP contribution in [-0.4, -0.2) is 70.2 Å². The Labute approximate surface area is 184 Å². The zero-order chi connectivity index (χ0) is 22.2. The first kappa shape index (κ1) is 20.7. The third-order valence-electron chi connectivity index (χ3n) is 5.82. The van der Waals surface area contributed by atoms with Crippen molar-refractivity contribution < 1.29 is 18.6 Å². The standard InChI is InChI=1S/C22H24F2N6O2/c1-14-6-17(11-18(7-14)28-2-4-29(5-3-28)20-12-32-13-20)25-21-26-22(31)30(27-21)19-9-15(23)8-16(24)10-19/h6-11,20H,2-5,12-13H2,1H3,(H2,25,26,27,31). The van der Waals surface area contributed by atoms with E-state index in [4.69, 9.17) is 4.74 Å². The highest BCUT2D eigenvalue weighted by molar-refractivity contribution is 5.64. The molecule has 2 N–H and O–H groups in total. The number of rotatable bonds is 5.